The van der Waals surface area contributed by atoms with Crippen LogP contribution in [0.4, 0.5) is 0 Å². The third kappa shape index (κ3) is 5.80. The maximum atomic E-state index is 12.1. The molecule has 2 heteroatoms. The summed E-state index contributed by atoms with van der Waals surface area (Å²) < 4.78 is 5.46. The molecule has 0 radical (unpaired) electrons. The van der Waals surface area contributed by atoms with Crippen molar-refractivity contribution in [1.29, 1.82) is 0 Å². The molecule has 0 amide bonds. The van der Waals surface area contributed by atoms with Gasteiger partial charge in [-0.25, -0.2) is 0 Å². The first-order chi connectivity index (χ1) is 9.21. The Morgan fingerprint density at radius 2 is 1.95 bits per heavy atom. The second-order valence-corrected chi connectivity index (χ2v) is 5.82. The fourth-order valence-corrected chi connectivity index (χ4v) is 3.13. The molecular weight excluding hydrogens is 236 g/mol. The lowest BCUT2D eigenvalue weighted by Gasteiger charge is -2.21. The molecule has 0 heterocycles. The first-order valence-corrected chi connectivity index (χ1v) is 7.99. The van der Waals surface area contributed by atoms with Gasteiger partial charge in [0.2, 0.25) is 0 Å². The Labute approximate surface area is 118 Å². The molecule has 1 aliphatic carbocycles. The molecule has 0 bridgehead atoms. The highest BCUT2D eigenvalue weighted by Crippen LogP contribution is 2.27. The quantitative estimate of drug-likeness (QED) is 0.462. The van der Waals surface area contributed by atoms with Crippen molar-refractivity contribution in [2.24, 2.45) is 11.8 Å². The first kappa shape index (κ1) is 16.3. The number of carbonyl (C=O) groups is 1. The molecule has 1 aliphatic rings. The third-order valence-corrected chi connectivity index (χ3v) is 4.29. The topological polar surface area (TPSA) is 26.3 Å². The van der Waals surface area contributed by atoms with Crippen LogP contribution in [0, 0.1) is 11.8 Å². The minimum atomic E-state index is 0.262. The van der Waals surface area contributed by atoms with Gasteiger partial charge in [0.15, 0.2) is 5.78 Å². The van der Waals surface area contributed by atoms with Gasteiger partial charge in [-0.3, -0.25) is 4.79 Å². The summed E-state index contributed by atoms with van der Waals surface area (Å²) in [4.78, 5) is 12.1. The number of hydrogen-bond acceptors (Lipinski definition) is 2. The predicted octanol–water partition coefficient (Wildman–Crippen LogP) is 4.88. The molecule has 110 valence electrons. The smallest absolute Gasteiger partial charge is 0.159 e. The van der Waals surface area contributed by atoms with Gasteiger partial charge in [-0.1, -0.05) is 52.4 Å². The van der Waals surface area contributed by atoms with Crippen LogP contribution in [0.25, 0.3) is 0 Å². The largest absolute Gasteiger partial charge is 0.501 e. The lowest BCUT2D eigenvalue weighted by atomic mass is 9.85. The lowest BCUT2D eigenvalue weighted by Crippen LogP contribution is -2.13. The number of hydrogen-bond donors (Lipinski definition) is 0. The van der Waals surface area contributed by atoms with E-state index in [9.17, 15) is 4.79 Å². The van der Waals surface area contributed by atoms with Crippen molar-refractivity contribution in [3.63, 3.8) is 0 Å². The summed E-state index contributed by atoms with van der Waals surface area (Å²) in [7, 11) is 1.69. The zero-order chi connectivity index (χ0) is 14.1. The normalized spacial score (nSPS) is 19.2. The summed E-state index contributed by atoms with van der Waals surface area (Å²) in [5.74, 6) is 2.18. The molecule has 0 aliphatic heterocycles. The van der Waals surface area contributed by atoms with Crippen LogP contribution in [-0.4, -0.2) is 12.9 Å². The van der Waals surface area contributed by atoms with Gasteiger partial charge in [0.1, 0.15) is 5.76 Å². The number of allylic oxidation sites excluding steroid dienone is 2. The van der Waals surface area contributed by atoms with E-state index >= 15 is 0 Å². The molecule has 0 N–H and O–H groups in total. The van der Waals surface area contributed by atoms with E-state index in [4.69, 9.17) is 4.74 Å². The molecule has 0 saturated heterocycles. The van der Waals surface area contributed by atoms with Crippen molar-refractivity contribution >= 4 is 5.78 Å². The number of methoxy groups -OCH3 is 1. The number of rotatable bonds is 8. The molecule has 0 aromatic carbocycles. The molecule has 0 spiro atoms. The molecule has 0 aromatic heterocycles. The van der Waals surface area contributed by atoms with E-state index < -0.39 is 0 Å². The van der Waals surface area contributed by atoms with Crippen LogP contribution in [0.15, 0.2) is 11.8 Å². The van der Waals surface area contributed by atoms with E-state index in [0.29, 0.717) is 11.8 Å². The Kier molecular flexibility index (Phi) is 7.85. The average Bonchev–Trinajstić information content (AvgIpc) is 2.43. The van der Waals surface area contributed by atoms with Crippen LogP contribution in [0.2, 0.25) is 0 Å². The number of ketones is 1. The summed E-state index contributed by atoms with van der Waals surface area (Å²) in [5.41, 5.74) is 0. The highest BCUT2D eigenvalue weighted by molar-refractivity contribution is 5.90. The Hall–Kier alpha value is -0.790. The van der Waals surface area contributed by atoms with Gasteiger partial charge in [0.05, 0.1) is 7.11 Å². The molecule has 19 heavy (non-hydrogen) atoms. The van der Waals surface area contributed by atoms with Gasteiger partial charge in [0, 0.05) is 18.4 Å². The van der Waals surface area contributed by atoms with Crippen LogP contribution < -0.4 is 0 Å². The first-order valence-electron chi connectivity index (χ1n) is 7.99. The summed E-state index contributed by atoms with van der Waals surface area (Å²) in [5, 5.41) is 0. The van der Waals surface area contributed by atoms with E-state index in [1.807, 2.05) is 0 Å². The minimum Gasteiger partial charge on any atom is -0.501 e. The predicted molar refractivity (Wildman–Crippen MR) is 80.0 cm³/mol. The molecule has 1 fully saturated rings. The molecule has 1 saturated carbocycles. The minimum absolute atomic E-state index is 0.262. The maximum absolute atomic E-state index is 12.1. The van der Waals surface area contributed by atoms with Crippen molar-refractivity contribution in [3.05, 3.63) is 11.8 Å². The van der Waals surface area contributed by atoms with E-state index in [0.717, 1.165) is 31.4 Å². The van der Waals surface area contributed by atoms with Crippen LogP contribution in [0.3, 0.4) is 0 Å². The van der Waals surface area contributed by atoms with Gasteiger partial charge in [-0.05, 0) is 18.8 Å². The molecule has 1 rings (SSSR count). The molecule has 0 aromatic rings. The van der Waals surface area contributed by atoms with E-state index in [1.165, 1.54) is 32.1 Å². The van der Waals surface area contributed by atoms with Crippen molar-refractivity contribution in [3.8, 4) is 0 Å². The summed E-state index contributed by atoms with van der Waals surface area (Å²) >= 11 is 0. The SMILES string of the molecule is CCCC(CC)/C(=C/C(=O)CC1CCCCC1)OC. The van der Waals surface area contributed by atoms with Gasteiger partial charge in [-0.2, -0.15) is 0 Å². The summed E-state index contributed by atoms with van der Waals surface area (Å²) in [6, 6.07) is 0. The highest BCUT2D eigenvalue weighted by Gasteiger charge is 2.18. The Morgan fingerprint density at radius 3 is 2.47 bits per heavy atom. The van der Waals surface area contributed by atoms with Crippen molar-refractivity contribution < 1.29 is 9.53 Å². The van der Waals surface area contributed by atoms with Crippen LogP contribution in [-0.2, 0) is 9.53 Å². The molecule has 1 atom stereocenters. The number of carbonyl (C=O) groups excluding carboxylic acids is 1. The fourth-order valence-electron chi connectivity index (χ4n) is 3.13. The molecular formula is C17H30O2. The standard InChI is InChI=1S/C17H30O2/c1-4-9-15(5-2)17(19-3)13-16(18)12-14-10-7-6-8-11-14/h13-15H,4-12H2,1-3H3/b17-13-. The van der Waals surface area contributed by atoms with Crippen molar-refractivity contribution in [2.75, 3.05) is 7.11 Å². The highest BCUT2D eigenvalue weighted by atomic mass is 16.5. The Morgan fingerprint density at radius 1 is 1.26 bits per heavy atom. The fraction of sp³-hybridized carbons (Fsp3) is 0.824. The van der Waals surface area contributed by atoms with E-state index in [2.05, 4.69) is 13.8 Å². The van der Waals surface area contributed by atoms with Gasteiger partial charge < -0.3 is 4.74 Å². The molecule has 1 unspecified atom stereocenters. The summed E-state index contributed by atoms with van der Waals surface area (Å²) in [6.45, 7) is 4.35. The number of ether oxygens (including phenoxy) is 1. The zero-order valence-electron chi connectivity index (χ0n) is 12.9. The van der Waals surface area contributed by atoms with Crippen LogP contribution in [0.5, 0.6) is 0 Å². The van der Waals surface area contributed by atoms with Crippen LogP contribution in [0.1, 0.15) is 71.6 Å². The summed E-state index contributed by atoms with van der Waals surface area (Å²) in [6.07, 6.45) is 12.2. The van der Waals surface area contributed by atoms with Gasteiger partial charge in [-0.15, -0.1) is 0 Å². The molecule has 2 nitrogen and oxygen atoms in total. The monoisotopic (exact) mass is 266 g/mol. The second kappa shape index (κ2) is 9.17. The maximum Gasteiger partial charge on any atom is 0.159 e. The average molecular weight is 266 g/mol. The van der Waals surface area contributed by atoms with Crippen molar-refractivity contribution in [1.82, 2.24) is 0 Å². The van der Waals surface area contributed by atoms with E-state index in [-0.39, 0.29) is 5.78 Å². The third-order valence-electron chi connectivity index (χ3n) is 4.29. The Balaban J connectivity index is 2.54. The van der Waals surface area contributed by atoms with E-state index in [1.54, 1.807) is 13.2 Å². The van der Waals surface area contributed by atoms with Gasteiger partial charge in [0.25, 0.3) is 0 Å². The lowest BCUT2D eigenvalue weighted by molar-refractivity contribution is -0.115. The second-order valence-electron chi connectivity index (χ2n) is 5.82. The van der Waals surface area contributed by atoms with Gasteiger partial charge >= 0.3 is 0 Å². The van der Waals surface area contributed by atoms with Crippen LogP contribution >= 0.6 is 0 Å². The Bertz CT molecular complexity index is 288. The zero-order valence-corrected chi connectivity index (χ0v) is 12.9. The van der Waals surface area contributed by atoms with Crippen molar-refractivity contribution in [2.45, 2.75) is 71.6 Å².